The summed E-state index contributed by atoms with van der Waals surface area (Å²) >= 11 is 0. The fourth-order valence-electron chi connectivity index (χ4n) is 3.23. The highest BCUT2D eigenvalue weighted by atomic mass is 19.1. The Hall–Kier alpha value is -2.95. The van der Waals surface area contributed by atoms with E-state index in [1.807, 2.05) is 18.2 Å². The van der Waals surface area contributed by atoms with Gasteiger partial charge in [0.15, 0.2) is 11.3 Å². The van der Waals surface area contributed by atoms with Crippen molar-refractivity contribution < 1.29 is 8.81 Å². The van der Waals surface area contributed by atoms with E-state index in [0.717, 1.165) is 18.8 Å². The second-order valence-electron chi connectivity index (χ2n) is 5.90. The number of fused-ring (bicyclic) bond motifs is 4. The zero-order valence-electron chi connectivity index (χ0n) is 14.0. The second kappa shape index (κ2) is 5.84. The van der Waals surface area contributed by atoms with Gasteiger partial charge >= 0.3 is 0 Å². The number of rotatable bonds is 3. The molecular weight excluding hydrogens is 319 g/mol. The molecule has 5 heteroatoms. The van der Waals surface area contributed by atoms with Crippen LogP contribution in [-0.4, -0.2) is 18.1 Å². The lowest BCUT2D eigenvalue weighted by molar-refractivity contribution is 0.537. The second-order valence-corrected chi connectivity index (χ2v) is 5.90. The van der Waals surface area contributed by atoms with Gasteiger partial charge in [-0.25, -0.2) is 4.98 Å². The Morgan fingerprint density at radius 3 is 2.52 bits per heavy atom. The molecule has 1 heterocycles. The van der Waals surface area contributed by atoms with Crippen LogP contribution in [0.25, 0.3) is 33.3 Å². The summed E-state index contributed by atoms with van der Waals surface area (Å²) in [5.41, 5.74) is 1.78. The molecule has 0 bridgehead atoms. The molecule has 0 saturated carbocycles. The van der Waals surface area contributed by atoms with Gasteiger partial charge in [-0.1, -0.05) is 24.3 Å². The van der Waals surface area contributed by atoms with Gasteiger partial charge in [-0.2, -0.15) is 4.39 Å². The summed E-state index contributed by atoms with van der Waals surface area (Å²) in [4.78, 5) is 19.0. The van der Waals surface area contributed by atoms with Gasteiger partial charge in [-0.05, 0) is 26.0 Å². The molecule has 4 rings (SSSR count). The fraction of sp³-hybridized carbons (Fsp3) is 0.200. The molecule has 0 spiro atoms. The molecule has 4 nitrogen and oxygen atoms in total. The van der Waals surface area contributed by atoms with E-state index in [4.69, 9.17) is 4.42 Å². The summed E-state index contributed by atoms with van der Waals surface area (Å²) in [5.74, 6) is -0.982. The molecule has 2 aromatic rings. The molecule has 0 fully saturated rings. The van der Waals surface area contributed by atoms with E-state index >= 15 is 0 Å². The Morgan fingerprint density at radius 2 is 1.80 bits per heavy atom. The molecule has 0 radical (unpaired) electrons. The van der Waals surface area contributed by atoms with Crippen LogP contribution in [0.3, 0.4) is 0 Å². The summed E-state index contributed by atoms with van der Waals surface area (Å²) in [7, 11) is 0. The van der Waals surface area contributed by atoms with E-state index in [2.05, 4.69) is 23.7 Å². The first kappa shape index (κ1) is 15.6. The number of hydrogen-bond acceptors (Lipinski definition) is 4. The van der Waals surface area contributed by atoms with Crippen LogP contribution in [0.5, 0.6) is 0 Å². The van der Waals surface area contributed by atoms with Gasteiger partial charge in [-0.15, -0.1) is 0 Å². The molecule has 1 aliphatic heterocycles. The minimum atomic E-state index is -0.892. The predicted molar refractivity (Wildman–Crippen MR) is 97.9 cm³/mol. The van der Waals surface area contributed by atoms with Crippen molar-refractivity contribution in [3.8, 4) is 11.5 Å². The van der Waals surface area contributed by atoms with E-state index in [1.54, 1.807) is 24.3 Å². The molecule has 2 aliphatic rings. The molecule has 0 aromatic heterocycles. The van der Waals surface area contributed by atoms with E-state index in [0.29, 0.717) is 27.6 Å². The SMILES string of the molecule is CCN(CC)c1ccc2nc3c4ccccc4c(=O)c(F)c-3oc2c1. The topological polar surface area (TPSA) is 46.3 Å². The zero-order chi connectivity index (χ0) is 17.6. The maximum absolute atomic E-state index is 14.6. The number of nitrogens with zero attached hydrogens (tertiary/aromatic N) is 2. The first-order valence-electron chi connectivity index (χ1n) is 8.33. The number of hydrogen-bond donors (Lipinski definition) is 0. The van der Waals surface area contributed by atoms with Crippen molar-refractivity contribution in [3.63, 3.8) is 0 Å². The quantitative estimate of drug-likeness (QED) is 0.410. The Balaban J connectivity index is 2.07. The van der Waals surface area contributed by atoms with Crippen LogP contribution < -0.4 is 10.3 Å². The average Bonchev–Trinajstić information content (AvgIpc) is 2.66. The molecule has 126 valence electrons. The highest BCUT2D eigenvalue weighted by Crippen LogP contribution is 2.33. The summed E-state index contributed by atoms with van der Waals surface area (Å²) in [5, 5.41) is 0.914. The monoisotopic (exact) mass is 336 g/mol. The number of benzene rings is 3. The molecule has 2 aromatic carbocycles. The van der Waals surface area contributed by atoms with Gasteiger partial charge < -0.3 is 9.32 Å². The van der Waals surface area contributed by atoms with Crippen LogP contribution in [0.15, 0.2) is 51.7 Å². The predicted octanol–water partition coefficient (Wildman–Crippen LogP) is 4.43. The third-order valence-electron chi connectivity index (χ3n) is 4.56. The van der Waals surface area contributed by atoms with Crippen molar-refractivity contribution in [1.82, 2.24) is 4.98 Å². The van der Waals surface area contributed by atoms with Gasteiger partial charge in [0.2, 0.25) is 11.2 Å². The van der Waals surface area contributed by atoms with Gasteiger partial charge in [0.25, 0.3) is 0 Å². The zero-order valence-corrected chi connectivity index (χ0v) is 14.0. The van der Waals surface area contributed by atoms with E-state index in [1.165, 1.54) is 0 Å². The highest BCUT2D eigenvalue weighted by Gasteiger charge is 2.22. The van der Waals surface area contributed by atoms with Crippen LogP contribution in [0, 0.1) is 5.82 Å². The van der Waals surface area contributed by atoms with Crippen molar-refractivity contribution in [1.29, 1.82) is 0 Å². The average molecular weight is 336 g/mol. The number of anilines is 1. The van der Waals surface area contributed by atoms with E-state index < -0.39 is 11.2 Å². The van der Waals surface area contributed by atoms with Crippen LogP contribution in [-0.2, 0) is 0 Å². The molecular formula is C20H17FN2O2. The van der Waals surface area contributed by atoms with Crippen molar-refractivity contribution in [2.75, 3.05) is 18.0 Å². The summed E-state index contributed by atoms with van der Waals surface area (Å²) in [6, 6.07) is 12.6. The minimum absolute atomic E-state index is 0.0899. The van der Waals surface area contributed by atoms with Crippen LogP contribution >= 0.6 is 0 Å². The first-order valence-corrected chi connectivity index (χ1v) is 8.33. The third kappa shape index (κ3) is 2.35. The van der Waals surface area contributed by atoms with Crippen LogP contribution in [0.4, 0.5) is 10.1 Å². The molecule has 0 atom stereocenters. The molecule has 0 N–H and O–H groups in total. The van der Waals surface area contributed by atoms with Crippen molar-refractivity contribution >= 4 is 27.6 Å². The summed E-state index contributed by atoms with van der Waals surface area (Å²) < 4.78 is 20.4. The number of halogens is 1. The van der Waals surface area contributed by atoms with E-state index in [9.17, 15) is 9.18 Å². The highest BCUT2D eigenvalue weighted by molar-refractivity contribution is 5.96. The normalized spacial score (nSPS) is 11.5. The molecule has 0 unspecified atom stereocenters. The van der Waals surface area contributed by atoms with Crippen molar-refractivity contribution in [3.05, 3.63) is 58.5 Å². The standard InChI is InChI=1S/C20H17FN2O2/c1-3-23(4-2)12-9-10-15-16(11-12)25-20-17(21)19(24)14-8-6-5-7-13(14)18(20)22-15/h5-11H,3-4H2,1-2H3. The van der Waals surface area contributed by atoms with Crippen molar-refractivity contribution in [2.24, 2.45) is 0 Å². The lowest BCUT2D eigenvalue weighted by atomic mass is 10.0. The minimum Gasteiger partial charge on any atom is -0.449 e. The van der Waals surface area contributed by atoms with Gasteiger partial charge in [0.05, 0.1) is 0 Å². The Labute approximate surface area is 143 Å². The third-order valence-corrected chi connectivity index (χ3v) is 4.56. The summed E-state index contributed by atoms with van der Waals surface area (Å²) in [6.07, 6.45) is 0. The summed E-state index contributed by atoms with van der Waals surface area (Å²) in [6.45, 7) is 5.84. The molecule has 25 heavy (non-hydrogen) atoms. The lowest BCUT2D eigenvalue weighted by Crippen LogP contribution is -2.21. The lowest BCUT2D eigenvalue weighted by Gasteiger charge is -2.21. The Morgan fingerprint density at radius 1 is 1.08 bits per heavy atom. The molecule has 1 aliphatic carbocycles. The smallest absolute Gasteiger partial charge is 0.226 e. The maximum Gasteiger partial charge on any atom is 0.226 e. The molecule has 0 saturated heterocycles. The largest absolute Gasteiger partial charge is 0.449 e. The van der Waals surface area contributed by atoms with Gasteiger partial charge in [-0.3, -0.25) is 4.79 Å². The van der Waals surface area contributed by atoms with Gasteiger partial charge in [0.1, 0.15) is 11.2 Å². The van der Waals surface area contributed by atoms with Crippen LogP contribution in [0.1, 0.15) is 13.8 Å². The Bertz CT molecular complexity index is 1120. The van der Waals surface area contributed by atoms with E-state index in [-0.39, 0.29) is 5.76 Å². The number of aromatic nitrogens is 1. The Kier molecular flexibility index (Phi) is 3.64. The molecule has 0 amide bonds. The van der Waals surface area contributed by atoms with Crippen LogP contribution in [0.2, 0.25) is 0 Å². The van der Waals surface area contributed by atoms with Gasteiger partial charge in [0, 0.05) is 35.6 Å². The first-order chi connectivity index (χ1) is 12.1. The fourth-order valence-corrected chi connectivity index (χ4v) is 3.23. The van der Waals surface area contributed by atoms with Crippen molar-refractivity contribution in [2.45, 2.75) is 13.8 Å². The maximum atomic E-state index is 14.6.